The molecule has 2 saturated carbocycles. The van der Waals surface area contributed by atoms with E-state index in [2.05, 4.69) is 15.3 Å². The number of carbonyl (C=O) groups excluding carboxylic acids is 1. The van der Waals surface area contributed by atoms with Gasteiger partial charge in [-0.1, -0.05) is 11.6 Å². The first-order valence-corrected chi connectivity index (χ1v) is 14.7. The van der Waals surface area contributed by atoms with Crippen LogP contribution < -0.4 is 14.8 Å². The summed E-state index contributed by atoms with van der Waals surface area (Å²) >= 11 is 6.10. The predicted molar refractivity (Wildman–Crippen MR) is 153 cm³/mol. The van der Waals surface area contributed by atoms with E-state index < -0.39 is 36.0 Å². The van der Waals surface area contributed by atoms with Crippen molar-refractivity contribution in [1.29, 1.82) is 0 Å². The van der Waals surface area contributed by atoms with Gasteiger partial charge in [0, 0.05) is 22.1 Å². The number of nitrogens with one attached hydrogen (secondary N) is 1. The molecule has 2 atom stereocenters. The lowest BCUT2D eigenvalue weighted by Gasteiger charge is -2.29. The van der Waals surface area contributed by atoms with Crippen molar-refractivity contribution >= 4 is 28.4 Å². The highest BCUT2D eigenvalue weighted by Crippen LogP contribution is 2.51. The molecule has 4 aromatic rings. The molecule has 2 aromatic carbocycles. The first kappa shape index (κ1) is 28.8. The van der Waals surface area contributed by atoms with Gasteiger partial charge >= 0.3 is 6.18 Å². The molecule has 1 amide bonds. The largest absolute Gasteiger partial charge is 0.490 e. The molecular formula is C32H26ClF4N3O4. The van der Waals surface area contributed by atoms with Crippen molar-refractivity contribution in [1.82, 2.24) is 15.3 Å². The van der Waals surface area contributed by atoms with Crippen LogP contribution in [0.3, 0.4) is 0 Å². The summed E-state index contributed by atoms with van der Waals surface area (Å²) in [5.41, 5.74) is -0.775. The average molecular weight is 628 g/mol. The molecule has 0 bridgehead atoms. The third-order valence-corrected chi connectivity index (χ3v) is 8.51. The molecule has 44 heavy (non-hydrogen) atoms. The predicted octanol–water partition coefficient (Wildman–Crippen LogP) is 6.70. The van der Waals surface area contributed by atoms with E-state index in [4.69, 9.17) is 21.1 Å². The van der Waals surface area contributed by atoms with Gasteiger partial charge in [0.2, 0.25) is 0 Å². The third-order valence-electron chi connectivity index (χ3n) is 8.30. The normalized spacial score (nSPS) is 19.3. The number of hydrogen-bond acceptors (Lipinski definition) is 6. The molecule has 0 saturated heterocycles. The minimum atomic E-state index is -4.61. The Balaban J connectivity index is 1.24. The van der Waals surface area contributed by atoms with Crippen LogP contribution in [0.25, 0.3) is 22.2 Å². The molecule has 7 rings (SSSR count). The number of amides is 1. The van der Waals surface area contributed by atoms with Crippen LogP contribution in [0.2, 0.25) is 5.15 Å². The summed E-state index contributed by atoms with van der Waals surface area (Å²) in [6, 6.07) is 12.9. The molecule has 1 aliphatic heterocycles. The van der Waals surface area contributed by atoms with E-state index in [1.165, 1.54) is 30.3 Å². The van der Waals surface area contributed by atoms with Crippen molar-refractivity contribution in [3.63, 3.8) is 0 Å². The van der Waals surface area contributed by atoms with Gasteiger partial charge in [-0.15, -0.1) is 0 Å². The first-order valence-electron chi connectivity index (χ1n) is 14.3. The van der Waals surface area contributed by atoms with Gasteiger partial charge in [-0.2, -0.15) is 13.2 Å². The third kappa shape index (κ3) is 5.43. The molecule has 2 N–H and O–H groups in total. The van der Waals surface area contributed by atoms with Crippen LogP contribution in [0.1, 0.15) is 53.2 Å². The fourth-order valence-electron chi connectivity index (χ4n) is 5.60. The Hall–Kier alpha value is -3.96. The van der Waals surface area contributed by atoms with Crippen molar-refractivity contribution in [2.45, 2.75) is 49.5 Å². The SMILES string of the molecule is O=C(NCC(O)(c1cc2c(c(-c3ccc(F)cc3)n1)OC[C@H]2C(F)(F)F)C1CC1)c1cc(OC2CC2)c2nc(Cl)ccc2c1. The summed E-state index contributed by atoms with van der Waals surface area (Å²) in [4.78, 5) is 22.4. The Morgan fingerprint density at radius 1 is 1.05 bits per heavy atom. The van der Waals surface area contributed by atoms with Crippen LogP contribution in [-0.2, 0) is 5.60 Å². The Labute approximate surface area is 254 Å². The summed E-state index contributed by atoms with van der Waals surface area (Å²) < 4.78 is 67.3. The molecular weight excluding hydrogens is 602 g/mol. The van der Waals surface area contributed by atoms with Crippen LogP contribution in [0.15, 0.2) is 54.6 Å². The minimum absolute atomic E-state index is 0.0202. The lowest BCUT2D eigenvalue weighted by atomic mass is 9.88. The molecule has 0 radical (unpaired) electrons. The van der Waals surface area contributed by atoms with Crippen LogP contribution >= 0.6 is 11.6 Å². The average Bonchev–Trinajstić information content (AvgIpc) is 3.93. The number of fused-ring (bicyclic) bond motifs is 2. The van der Waals surface area contributed by atoms with Gasteiger partial charge in [0.1, 0.15) is 51.8 Å². The van der Waals surface area contributed by atoms with Gasteiger partial charge in [0.15, 0.2) is 0 Å². The lowest BCUT2D eigenvalue weighted by molar-refractivity contribution is -0.151. The first-order chi connectivity index (χ1) is 21.0. The number of rotatable bonds is 8. The van der Waals surface area contributed by atoms with Crippen LogP contribution in [0.4, 0.5) is 17.6 Å². The fraction of sp³-hybridized carbons (Fsp3) is 0.344. The topological polar surface area (TPSA) is 93.6 Å². The van der Waals surface area contributed by atoms with E-state index in [0.717, 1.165) is 12.8 Å². The van der Waals surface area contributed by atoms with Crippen LogP contribution in [0, 0.1) is 11.7 Å². The van der Waals surface area contributed by atoms with Crippen molar-refractivity contribution in [2.24, 2.45) is 5.92 Å². The molecule has 2 aromatic heterocycles. The maximum absolute atomic E-state index is 14.0. The molecule has 228 valence electrons. The molecule has 0 spiro atoms. The second-order valence-corrected chi connectivity index (χ2v) is 12.0. The summed E-state index contributed by atoms with van der Waals surface area (Å²) in [5, 5.41) is 15.7. The second-order valence-electron chi connectivity index (χ2n) is 11.6. The van der Waals surface area contributed by atoms with Crippen molar-refractivity contribution in [3.8, 4) is 22.8 Å². The summed E-state index contributed by atoms with van der Waals surface area (Å²) in [7, 11) is 0. The zero-order chi connectivity index (χ0) is 30.8. The van der Waals surface area contributed by atoms with E-state index in [0.29, 0.717) is 35.1 Å². The summed E-state index contributed by atoms with van der Waals surface area (Å²) in [6.07, 6.45) is -1.61. The van der Waals surface area contributed by atoms with Crippen LogP contribution in [-0.4, -0.2) is 46.4 Å². The number of ether oxygens (including phenoxy) is 2. The van der Waals surface area contributed by atoms with Gasteiger partial charge in [-0.05, 0) is 86.2 Å². The van der Waals surface area contributed by atoms with Crippen molar-refractivity contribution in [3.05, 3.63) is 82.4 Å². The zero-order valence-electron chi connectivity index (χ0n) is 23.1. The standard InChI is InChI=1S/C32H26ClF4N3O4/c33-26-10-3-17-11-18(12-24(27(17)40-26)44-21-8-9-21)30(41)38-15-31(42,19-4-5-19)25-13-22-23(32(35,36)37)14-43-29(22)28(39-25)16-1-6-20(34)7-2-16/h1-3,6-7,10-13,19,21,23,42H,4-5,8-9,14-15H2,(H,38,41)/t23-,31?/m1/s1. The number of halogens is 5. The van der Waals surface area contributed by atoms with E-state index >= 15 is 0 Å². The molecule has 3 heterocycles. The monoisotopic (exact) mass is 627 g/mol. The molecule has 2 fully saturated rings. The van der Waals surface area contributed by atoms with Gasteiger partial charge in [-0.3, -0.25) is 4.79 Å². The van der Waals surface area contributed by atoms with Crippen molar-refractivity contribution < 1.29 is 36.9 Å². The molecule has 3 aliphatic rings. The number of carbonyl (C=O) groups is 1. The second kappa shape index (κ2) is 10.6. The smallest absolute Gasteiger partial charge is 0.399 e. The molecule has 2 aliphatic carbocycles. The minimum Gasteiger partial charge on any atom is -0.490 e. The van der Waals surface area contributed by atoms with Gasteiger partial charge < -0.3 is 19.9 Å². The van der Waals surface area contributed by atoms with Gasteiger partial charge in [0.25, 0.3) is 5.91 Å². The summed E-state index contributed by atoms with van der Waals surface area (Å²) in [6.45, 7) is -0.942. The van der Waals surface area contributed by atoms with E-state index in [1.807, 2.05) is 0 Å². The highest BCUT2D eigenvalue weighted by molar-refractivity contribution is 6.29. The number of aliphatic hydroxyl groups is 1. The summed E-state index contributed by atoms with van der Waals surface area (Å²) in [5.74, 6) is -2.96. The Morgan fingerprint density at radius 2 is 1.80 bits per heavy atom. The van der Waals surface area contributed by atoms with Gasteiger partial charge in [-0.25, -0.2) is 14.4 Å². The number of benzene rings is 2. The van der Waals surface area contributed by atoms with Crippen LogP contribution in [0.5, 0.6) is 11.5 Å². The quantitative estimate of drug-likeness (QED) is 0.167. The van der Waals surface area contributed by atoms with E-state index in [9.17, 15) is 27.5 Å². The van der Waals surface area contributed by atoms with E-state index in [1.54, 1.807) is 24.3 Å². The maximum Gasteiger partial charge on any atom is 0.399 e. The van der Waals surface area contributed by atoms with E-state index in [-0.39, 0.29) is 52.0 Å². The fourth-order valence-corrected chi connectivity index (χ4v) is 5.75. The number of nitrogens with zero attached hydrogens (tertiary/aromatic N) is 2. The number of aromatic nitrogens is 2. The number of alkyl halides is 3. The van der Waals surface area contributed by atoms with Crippen molar-refractivity contribution in [2.75, 3.05) is 13.2 Å². The Kier molecular flexibility index (Phi) is 6.93. The number of hydrogen-bond donors (Lipinski definition) is 2. The molecule has 12 heteroatoms. The maximum atomic E-state index is 14.0. The molecule has 7 nitrogen and oxygen atoms in total. The lowest BCUT2D eigenvalue weighted by Crippen LogP contribution is -2.43. The molecule has 1 unspecified atom stereocenters. The highest BCUT2D eigenvalue weighted by Gasteiger charge is 2.51. The Morgan fingerprint density at radius 3 is 2.48 bits per heavy atom. The van der Waals surface area contributed by atoms with Gasteiger partial charge in [0.05, 0.1) is 18.3 Å². The zero-order valence-corrected chi connectivity index (χ0v) is 23.9. The highest BCUT2D eigenvalue weighted by atomic mass is 35.5. The Bertz CT molecular complexity index is 1780. The number of pyridine rings is 2.